The number of fused-ring (bicyclic) bond motifs is 2. The molecule has 0 saturated carbocycles. The van der Waals surface area contributed by atoms with Crippen LogP contribution in [0.5, 0.6) is 11.5 Å². The quantitative estimate of drug-likeness (QED) is 0.0725. The Bertz CT molecular complexity index is 2230. The van der Waals surface area contributed by atoms with Crippen molar-refractivity contribution in [2.24, 2.45) is 0 Å². The number of nitrogens with one attached hydrogen (secondary N) is 6. The maximum absolute atomic E-state index is 14.4. The van der Waals surface area contributed by atoms with Gasteiger partial charge in [-0.25, -0.2) is 9.59 Å². The highest BCUT2D eigenvalue weighted by molar-refractivity contribution is 6.33. The highest BCUT2D eigenvalue weighted by Crippen LogP contribution is 2.42. The van der Waals surface area contributed by atoms with Crippen molar-refractivity contribution in [2.45, 2.75) is 131 Å². The fourth-order valence-corrected chi connectivity index (χ4v) is 6.69. The molecule has 2 aromatic carbocycles. The zero-order valence-electron chi connectivity index (χ0n) is 41.2. The van der Waals surface area contributed by atoms with Crippen molar-refractivity contribution in [1.82, 2.24) is 31.1 Å². The molecular weight excluding hydrogens is 921 g/mol. The fourth-order valence-electron chi connectivity index (χ4n) is 6.69. The lowest BCUT2D eigenvalue weighted by atomic mass is 9.81. The molecule has 70 heavy (non-hydrogen) atoms. The highest BCUT2D eigenvalue weighted by atomic mass is 16.6. The van der Waals surface area contributed by atoms with Gasteiger partial charge in [0.2, 0.25) is 35.2 Å². The van der Waals surface area contributed by atoms with Crippen molar-refractivity contribution >= 4 is 70.7 Å². The lowest BCUT2D eigenvalue weighted by molar-refractivity contribution is -0.142. The minimum absolute atomic E-state index is 0.0166. The van der Waals surface area contributed by atoms with Crippen LogP contribution < -0.4 is 31.9 Å². The third kappa shape index (κ3) is 14.7. The van der Waals surface area contributed by atoms with Crippen LogP contribution in [0.3, 0.4) is 0 Å². The molecule has 10 N–H and O–H groups in total. The third-order valence-electron chi connectivity index (χ3n) is 10.5. The summed E-state index contributed by atoms with van der Waals surface area (Å²) in [5.41, 5.74) is -3.54. The second-order valence-electron chi connectivity index (χ2n) is 18.6. The van der Waals surface area contributed by atoms with E-state index in [1.807, 2.05) is 0 Å². The van der Waals surface area contributed by atoms with E-state index >= 15 is 0 Å². The van der Waals surface area contributed by atoms with Crippen molar-refractivity contribution in [2.75, 3.05) is 36.8 Å². The van der Waals surface area contributed by atoms with Crippen molar-refractivity contribution in [3.05, 3.63) is 46.5 Å². The number of aliphatic carboxylic acids is 2. The highest BCUT2D eigenvalue weighted by Gasteiger charge is 2.39. The van der Waals surface area contributed by atoms with E-state index in [0.717, 1.165) is 21.9 Å². The monoisotopic (exact) mass is 984 g/mol. The number of carbonyl (C=O) groups is 10. The molecule has 0 radical (unpaired) electrons. The number of amides is 6. The number of benzene rings is 2. The van der Waals surface area contributed by atoms with Gasteiger partial charge in [0.15, 0.2) is 0 Å². The van der Waals surface area contributed by atoms with Crippen LogP contribution in [0.2, 0.25) is 0 Å². The number of hydrogen-bond acceptors (Lipinski definition) is 16. The van der Waals surface area contributed by atoms with Crippen LogP contribution in [0.15, 0.2) is 24.3 Å². The van der Waals surface area contributed by atoms with Gasteiger partial charge in [0.1, 0.15) is 59.0 Å². The molecule has 6 amide bonds. The van der Waals surface area contributed by atoms with E-state index in [4.69, 9.17) is 19.7 Å². The average molecular weight is 985 g/mol. The third-order valence-corrected chi connectivity index (χ3v) is 10.5. The number of rotatable bonds is 20. The molecule has 3 rings (SSSR count). The summed E-state index contributed by atoms with van der Waals surface area (Å²) in [6.45, 7) is 16.5. The Morgan fingerprint density at radius 2 is 0.800 bits per heavy atom. The lowest BCUT2D eigenvalue weighted by Gasteiger charge is -2.32. The number of anilines is 2. The number of nitrogens with zero attached hydrogens (tertiary/aromatic N) is 2. The molecule has 384 valence electrons. The van der Waals surface area contributed by atoms with Gasteiger partial charge in [0, 0.05) is 37.6 Å². The van der Waals surface area contributed by atoms with E-state index in [0.29, 0.717) is 0 Å². The van der Waals surface area contributed by atoms with E-state index in [1.165, 1.54) is 53.7 Å². The SMILES string of the molecule is C[C@H](NC(=O)[C@H](C)NC(=O)[C@H](C)N(CCNc1ccc(NCCN(C(=O)OC(C)(C)C)[C@@H](C)C(=O)N[C@@H](C)C(=O)N[C@@H](C)C(=O)O)c2c1C(=O)c1c(O)ccc(O)c1C2=O)C(=O)OC(C)(C)C)C(=O)O. The average Bonchev–Trinajstić information content (AvgIpc) is 3.24. The first kappa shape index (κ1) is 56.7. The lowest BCUT2D eigenvalue weighted by Crippen LogP contribution is -2.55. The number of carbonyl (C=O) groups excluding carboxylic acids is 8. The van der Waals surface area contributed by atoms with Crippen LogP contribution >= 0.6 is 0 Å². The molecule has 0 heterocycles. The molecule has 24 nitrogen and oxygen atoms in total. The second-order valence-corrected chi connectivity index (χ2v) is 18.6. The van der Waals surface area contributed by atoms with Crippen LogP contribution in [-0.2, 0) is 38.2 Å². The molecule has 1 aliphatic carbocycles. The van der Waals surface area contributed by atoms with Crippen LogP contribution in [0.1, 0.15) is 115 Å². The van der Waals surface area contributed by atoms with Gasteiger partial charge >= 0.3 is 24.1 Å². The van der Waals surface area contributed by atoms with Gasteiger partial charge in [-0.05, 0) is 107 Å². The number of carboxylic acids is 2. The molecular formula is C46H64N8O16. The summed E-state index contributed by atoms with van der Waals surface area (Å²) in [4.78, 5) is 132. The van der Waals surface area contributed by atoms with Crippen LogP contribution in [0.4, 0.5) is 21.0 Å². The molecule has 0 unspecified atom stereocenters. The Labute approximate surface area is 404 Å². The molecule has 0 aromatic heterocycles. The molecule has 0 bridgehead atoms. The topological polar surface area (TPSA) is 349 Å². The maximum atomic E-state index is 14.4. The second kappa shape index (κ2) is 23.1. The number of carboxylic acid groups (broad SMARTS) is 2. The summed E-state index contributed by atoms with van der Waals surface area (Å²) in [6, 6.07) is -2.64. The predicted molar refractivity (Wildman–Crippen MR) is 251 cm³/mol. The summed E-state index contributed by atoms with van der Waals surface area (Å²) in [7, 11) is 0. The van der Waals surface area contributed by atoms with Crippen LogP contribution in [0, 0.1) is 0 Å². The summed E-state index contributed by atoms with van der Waals surface area (Å²) in [6.07, 6.45) is -1.87. The number of aromatic hydroxyl groups is 2. The number of hydrogen-bond donors (Lipinski definition) is 10. The Morgan fingerprint density at radius 3 is 1.09 bits per heavy atom. The van der Waals surface area contributed by atoms with Gasteiger partial charge in [0.25, 0.3) is 0 Å². The Hall–Kier alpha value is -7.66. The van der Waals surface area contributed by atoms with Crippen molar-refractivity contribution in [3.8, 4) is 11.5 Å². The standard InChI is InChI=1S/C46H64N8O16/c1-21(37(59)51-23(3)41(63)64)49-39(61)25(5)53(43(67)69-45(7,8)9)19-17-47-27-13-14-28(32-31(27)35(57)33-29(55)15-16-30(56)34(33)36(32)58)48-18-20-54(44(68)70-46(10,11)12)26(6)40(62)50-22(2)38(60)52-24(4)42(65)66/h13-16,21-26,47-48,55-56H,17-20H2,1-12H3,(H,49,61)(H,50,62)(H,51,59)(H,52,60)(H,63,64)(H,65,66)/t21-,22-,23-,24-,25-,26-/m0/s1. The van der Waals surface area contributed by atoms with E-state index in [1.54, 1.807) is 41.5 Å². The predicted octanol–water partition coefficient (Wildman–Crippen LogP) is 2.14. The van der Waals surface area contributed by atoms with E-state index in [-0.39, 0.29) is 48.7 Å². The van der Waals surface area contributed by atoms with E-state index < -0.39 is 129 Å². The molecule has 0 fully saturated rings. The zero-order chi connectivity index (χ0) is 53.3. The number of ether oxygens (including phenoxy) is 2. The number of phenols is 2. The first-order valence-electron chi connectivity index (χ1n) is 22.2. The molecule has 24 heteroatoms. The largest absolute Gasteiger partial charge is 0.507 e. The summed E-state index contributed by atoms with van der Waals surface area (Å²) < 4.78 is 11.1. The van der Waals surface area contributed by atoms with Gasteiger partial charge in [-0.3, -0.25) is 48.2 Å². The van der Waals surface area contributed by atoms with Crippen molar-refractivity contribution < 1.29 is 77.8 Å². The molecule has 6 atom stereocenters. The van der Waals surface area contributed by atoms with Gasteiger partial charge in [-0.2, -0.15) is 0 Å². The van der Waals surface area contributed by atoms with E-state index in [9.17, 15) is 58.2 Å². The molecule has 0 spiro atoms. The minimum atomic E-state index is -1.30. The maximum Gasteiger partial charge on any atom is 0.411 e. The molecule has 1 aliphatic rings. The fraction of sp³-hybridized carbons (Fsp3) is 0.522. The summed E-state index contributed by atoms with van der Waals surface area (Å²) in [5, 5.41) is 55.4. The smallest absolute Gasteiger partial charge is 0.411 e. The Kier molecular flexibility index (Phi) is 18.7. The van der Waals surface area contributed by atoms with Gasteiger partial charge < -0.3 is 61.8 Å². The van der Waals surface area contributed by atoms with Gasteiger partial charge in [0.05, 0.1) is 22.3 Å². The van der Waals surface area contributed by atoms with Crippen LogP contribution in [0.25, 0.3) is 0 Å². The molecule has 0 saturated heterocycles. The number of phenolic OH excluding ortho intramolecular Hbond substituents is 2. The minimum Gasteiger partial charge on any atom is -0.507 e. The van der Waals surface area contributed by atoms with Gasteiger partial charge in [-0.15, -0.1) is 0 Å². The summed E-state index contributed by atoms with van der Waals surface area (Å²) in [5.74, 6) is -8.80. The van der Waals surface area contributed by atoms with E-state index in [2.05, 4.69) is 31.9 Å². The first-order chi connectivity index (χ1) is 32.3. The van der Waals surface area contributed by atoms with Crippen LogP contribution in [-0.4, -0.2) is 163 Å². The Balaban J connectivity index is 1.98. The molecule has 2 aromatic rings. The van der Waals surface area contributed by atoms with Gasteiger partial charge in [-0.1, -0.05) is 0 Å². The number of ketones is 2. The zero-order valence-corrected chi connectivity index (χ0v) is 41.2. The van der Waals surface area contributed by atoms with Crippen molar-refractivity contribution in [3.63, 3.8) is 0 Å². The molecule has 0 aliphatic heterocycles. The first-order valence-corrected chi connectivity index (χ1v) is 22.2. The normalized spacial score (nSPS) is 14.6. The summed E-state index contributed by atoms with van der Waals surface area (Å²) >= 11 is 0. The Morgan fingerprint density at radius 1 is 0.500 bits per heavy atom. The van der Waals surface area contributed by atoms with Crippen molar-refractivity contribution in [1.29, 1.82) is 0 Å².